The average molecular weight is 524 g/mol. The summed E-state index contributed by atoms with van der Waals surface area (Å²) in [6.45, 7) is 15.4. The van der Waals surface area contributed by atoms with E-state index < -0.39 is 10.0 Å². The molecule has 0 bridgehead atoms. The predicted octanol–water partition coefficient (Wildman–Crippen LogP) is 5.85. The molecule has 0 spiro atoms. The number of hydrogen-bond acceptors (Lipinski definition) is 6. The lowest BCUT2D eigenvalue weighted by Crippen LogP contribution is -2.25. The normalized spacial score (nSPS) is 12.1. The number of Topliss-reactive ketones (excluding diaryl/α,β-unsaturated/α-hetero) is 1. The third-order valence-electron chi connectivity index (χ3n) is 6.45. The Balaban J connectivity index is 0.00000111. The van der Waals surface area contributed by atoms with Gasteiger partial charge in [-0.2, -0.15) is 0 Å². The van der Waals surface area contributed by atoms with E-state index in [1.165, 1.54) is 42.1 Å². The highest BCUT2D eigenvalue weighted by Gasteiger charge is 2.34. The van der Waals surface area contributed by atoms with Gasteiger partial charge in [0.25, 0.3) is 0 Å². The maximum Gasteiger partial charge on any atom is 0.302 e. The number of esters is 1. The van der Waals surface area contributed by atoms with Crippen LogP contribution >= 0.6 is 11.3 Å². The molecule has 0 radical (unpaired) electrons. The minimum atomic E-state index is -3.73. The van der Waals surface area contributed by atoms with Crippen LogP contribution in [0.3, 0.4) is 0 Å². The molecule has 0 aliphatic heterocycles. The van der Waals surface area contributed by atoms with Gasteiger partial charge in [0.2, 0.25) is 10.0 Å². The molecule has 0 saturated heterocycles. The first-order valence-corrected chi connectivity index (χ1v) is 14.2. The molecule has 6 nitrogen and oxygen atoms in total. The van der Waals surface area contributed by atoms with Crippen molar-refractivity contribution < 1.29 is 22.7 Å². The van der Waals surface area contributed by atoms with Crippen LogP contribution in [0.25, 0.3) is 0 Å². The molecule has 2 rings (SSSR count). The average Bonchev–Trinajstić information content (AvgIpc) is 3.16. The van der Waals surface area contributed by atoms with E-state index in [4.69, 9.17) is 5.14 Å². The standard InChI is InChI=1S/C24H35NO3S2.C3H6O2/c1-8-24(9-2,21-15-17(4)22(29-21)30(25,27)28)19-12-10-18(16(3)14-19)11-13-20(26)23(5,6)7;1-3(4)5-2/h10,12,14-15H,8-9,11,13H2,1-7H3,(H2,25,27,28);1-2H3. The van der Waals surface area contributed by atoms with E-state index in [-0.39, 0.29) is 26.8 Å². The fourth-order valence-corrected chi connectivity index (χ4v) is 6.53. The maximum absolute atomic E-state index is 12.3. The molecule has 0 aliphatic carbocycles. The van der Waals surface area contributed by atoms with Gasteiger partial charge < -0.3 is 4.74 Å². The summed E-state index contributed by atoms with van der Waals surface area (Å²) in [4.78, 5) is 22.9. The van der Waals surface area contributed by atoms with Crippen molar-refractivity contribution >= 4 is 33.1 Å². The van der Waals surface area contributed by atoms with Crippen molar-refractivity contribution in [1.82, 2.24) is 0 Å². The van der Waals surface area contributed by atoms with Crippen molar-refractivity contribution in [2.45, 2.75) is 90.7 Å². The number of carbonyl (C=O) groups is 2. The number of rotatable bonds is 8. The number of primary sulfonamides is 1. The fraction of sp³-hybridized carbons (Fsp3) is 0.556. The Bertz CT molecular complexity index is 1140. The smallest absolute Gasteiger partial charge is 0.302 e. The van der Waals surface area contributed by atoms with Crippen molar-refractivity contribution in [3.05, 3.63) is 51.4 Å². The molecule has 1 aromatic carbocycles. The molecule has 35 heavy (non-hydrogen) atoms. The van der Waals surface area contributed by atoms with E-state index in [0.717, 1.165) is 24.1 Å². The fourth-order valence-electron chi connectivity index (χ4n) is 4.03. The molecule has 196 valence electrons. The van der Waals surface area contributed by atoms with Crippen LogP contribution in [0.1, 0.15) is 87.9 Å². The van der Waals surface area contributed by atoms with Crippen molar-refractivity contribution in [2.75, 3.05) is 7.11 Å². The zero-order valence-electron chi connectivity index (χ0n) is 22.6. The van der Waals surface area contributed by atoms with Crippen LogP contribution < -0.4 is 5.14 Å². The minimum absolute atomic E-state index is 0.245. The molecule has 1 aromatic heterocycles. The molecular formula is C27H41NO5S2. The van der Waals surface area contributed by atoms with E-state index >= 15 is 0 Å². The van der Waals surface area contributed by atoms with Gasteiger partial charge in [-0.05, 0) is 61.4 Å². The Morgan fingerprint density at radius 3 is 1.94 bits per heavy atom. The summed E-state index contributed by atoms with van der Waals surface area (Å²) in [5, 5.41) is 5.42. The first-order valence-electron chi connectivity index (χ1n) is 11.8. The van der Waals surface area contributed by atoms with Crippen LogP contribution in [0.2, 0.25) is 0 Å². The van der Waals surface area contributed by atoms with Crippen LogP contribution in [0.15, 0.2) is 28.5 Å². The minimum Gasteiger partial charge on any atom is -0.469 e. The largest absolute Gasteiger partial charge is 0.469 e. The van der Waals surface area contributed by atoms with Crippen LogP contribution in [-0.2, 0) is 36.2 Å². The van der Waals surface area contributed by atoms with Gasteiger partial charge in [-0.15, -0.1) is 11.3 Å². The van der Waals surface area contributed by atoms with Gasteiger partial charge in [0.15, 0.2) is 0 Å². The van der Waals surface area contributed by atoms with Crippen molar-refractivity contribution in [1.29, 1.82) is 0 Å². The SMILES string of the molecule is CCC(CC)(c1ccc(CCC(=O)C(C)(C)C)c(C)c1)c1cc(C)c(S(N)(=O)=O)s1.COC(C)=O. The summed E-state index contributed by atoms with van der Waals surface area (Å²) in [5.41, 5.74) is 3.66. The Morgan fingerprint density at radius 1 is 1.03 bits per heavy atom. The lowest BCUT2D eigenvalue weighted by atomic mass is 9.73. The highest BCUT2D eigenvalue weighted by molar-refractivity contribution is 7.91. The number of benzene rings is 1. The van der Waals surface area contributed by atoms with Gasteiger partial charge >= 0.3 is 5.97 Å². The van der Waals surface area contributed by atoms with E-state index in [0.29, 0.717) is 12.0 Å². The zero-order chi connectivity index (χ0) is 27.2. The number of ketones is 1. The van der Waals surface area contributed by atoms with Crippen LogP contribution in [0.5, 0.6) is 0 Å². The number of hydrogen-bond donors (Lipinski definition) is 1. The number of thiophene rings is 1. The number of nitrogens with two attached hydrogens (primary N) is 1. The molecule has 0 fully saturated rings. The first kappa shape index (κ1) is 31.0. The summed E-state index contributed by atoms with van der Waals surface area (Å²) < 4.78 is 28.3. The van der Waals surface area contributed by atoms with Gasteiger partial charge in [0, 0.05) is 29.1 Å². The highest BCUT2D eigenvalue weighted by atomic mass is 32.2. The lowest BCUT2D eigenvalue weighted by Gasteiger charge is -2.32. The molecule has 8 heteroatoms. The van der Waals surface area contributed by atoms with Crippen LogP contribution in [0.4, 0.5) is 0 Å². The second kappa shape index (κ2) is 12.3. The zero-order valence-corrected chi connectivity index (χ0v) is 24.2. The van der Waals surface area contributed by atoms with Gasteiger partial charge in [-0.25, -0.2) is 13.6 Å². The van der Waals surface area contributed by atoms with Crippen molar-refractivity contribution in [2.24, 2.45) is 10.6 Å². The molecule has 0 unspecified atom stereocenters. The van der Waals surface area contributed by atoms with E-state index in [1.54, 1.807) is 6.92 Å². The predicted molar refractivity (Wildman–Crippen MR) is 143 cm³/mol. The van der Waals surface area contributed by atoms with Crippen LogP contribution in [-0.4, -0.2) is 27.3 Å². The van der Waals surface area contributed by atoms with E-state index in [1.807, 2.05) is 26.8 Å². The number of sulfonamides is 1. The highest BCUT2D eigenvalue weighted by Crippen LogP contribution is 2.44. The molecular weight excluding hydrogens is 482 g/mol. The van der Waals surface area contributed by atoms with Gasteiger partial charge in [0.05, 0.1) is 7.11 Å². The molecule has 0 amide bonds. The summed E-state index contributed by atoms with van der Waals surface area (Å²) in [6.07, 6.45) is 2.99. The Morgan fingerprint density at radius 2 is 1.57 bits per heavy atom. The van der Waals surface area contributed by atoms with E-state index in [9.17, 15) is 18.0 Å². The summed E-state index contributed by atoms with van der Waals surface area (Å²) >= 11 is 1.29. The van der Waals surface area contributed by atoms with Crippen molar-refractivity contribution in [3.63, 3.8) is 0 Å². The first-order chi connectivity index (χ1) is 16.0. The quantitative estimate of drug-likeness (QED) is 0.437. The molecule has 0 aliphatic rings. The summed E-state index contributed by atoms with van der Waals surface area (Å²) in [7, 11) is -2.38. The third kappa shape index (κ3) is 7.98. The second-order valence-corrected chi connectivity index (χ2v) is 12.7. The Labute approximate surface area is 215 Å². The third-order valence-corrected chi connectivity index (χ3v) is 9.47. The van der Waals surface area contributed by atoms with Crippen LogP contribution in [0, 0.1) is 19.3 Å². The number of carbonyl (C=O) groups excluding carboxylic acids is 2. The summed E-state index contributed by atoms with van der Waals surface area (Å²) in [6, 6.07) is 8.45. The Kier molecular flexibility index (Phi) is 10.9. The molecule has 2 N–H and O–H groups in total. The second-order valence-electron chi connectivity index (χ2n) is 9.93. The number of methoxy groups -OCH3 is 1. The van der Waals surface area contributed by atoms with Gasteiger partial charge in [-0.3, -0.25) is 9.59 Å². The molecule has 2 aromatic rings. The number of ether oxygens (including phenoxy) is 1. The molecule has 0 saturated carbocycles. The van der Waals surface area contributed by atoms with Gasteiger partial charge in [0.1, 0.15) is 9.99 Å². The van der Waals surface area contributed by atoms with Crippen molar-refractivity contribution in [3.8, 4) is 0 Å². The molecule has 0 atom stereocenters. The lowest BCUT2D eigenvalue weighted by molar-refractivity contribution is -0.138. The number of aryl methyl sites for hydroxylation is 3. The topological polar surface area (TPSA) is 104 Å². The molecule has 1 heterocycles. The summed E-state index contributed by atoms with van der Waals surface area (Å²) in [5.74, 6) is 0.0250. The maximum atomic E-state index is 12.3. The monoisotopic (exact) mass is 523 g/mol. The van der Waals surface area contributed by atoms with Gasteiger partial charge in [-0.1, -0.05) is 52.8 Å². The Hall–Kier alpha value is -2.03. The van der Waals surface area contributed by atoms with E-state index in [2.05, 4.69) is 43.7 Å².